The minimum atomic E-state index is 0.358. The van der Waals surface area contributed by atoms with Crippen LogP contribution < -0.4 is 16.0 Å². The van der Waals surface area contributed by atoms with Crippen molar-refractivity contribution in [1.82, 2.24) is 5.43 Å². The van der Waals surface area contributed by atoms with Crippen LogP contribution >= 0.6 is 0 Å². The standard InChI is InChI=1S/C9H13N3O/c1-11-9(12-10)7-13-8-5-3-2-4-6-8/h2-6H,7,10H2,1H3,(H,11,12). The summed E-state index contributed by atoms with van der Waals surface area (Å²) >= 11 is 0. The third-order valence-corrected chi connectivity index (χ3v) is 1.56. The minimum absolute atomic E-state index is 0.358. The molecule has 0 amide bonds. The summed E-state index contributed by atoms with van der Waals surface area (Å²) in [5.74, 6) is 6.61. The Morgan fingerprint density at radius 1 is 1.46 bits per heavy atom. The van der Waals surface area contributed by atoms with Gasteiger partial charge in [0.2, 0.25) is 0 Å². The first-order chi connectivity index (χ1) is 6.36. The van der Waals surface area contributed by atoms with Crippen LogP contribution in [-0.4, -0.2) is 19.5 Å². The van der Waals surface area contributed by atoms with Crippen LogP contribution in [0.1, 0.15) is 0 Å². The summed E-state index contributed by atoms with van der Waals surface area (Å²) in [6.45, 7) is 0.358. The van der Waals surface area contributed by atoms with E-state index in [-0.39, 0.29) is 0 Å². The topological polar surface area (TPSA) is 59.6 Å². The Balaban J connectivity index is 2.43. The number of nitrogens with zero attached hydrogens (tertiary/aromatic N) is 1. The highest BCUT2D eigenvalue weighted by atomic mass is 16.5. The molecule has 0 saturated heterocycles. The van der Waals surface area contributed by atoms with E-state index in [4.69, 9.17) is 10.6 Å². The van der Waals surface area contributed by atoms with Gasteiger partial charge in [-0.2, -0.15) is 0 Å². The Morgan fingerprint density at radius 2 is 2.15 bits per heavy atom. The summed E-state index contributed by atoms with van der Waals surface area (Å²) in [7, 11) is 1.66. The number of benzene rings is 1. The van der Waals surface area contributed by atoms with Gasteiger partial charge < -0.3 is 10.2 Å². The smallest absolute Gasteiger partial charge is 0.149 e. The van der Waals surface area contributed by atoms with Crippen molar-refractivity contribution in [3.63, 3.8) is 0 Å². The lowest BCUT2D eigenvalue weighted by Crippen LogP contribution is -2.34. The second-order valence-electron chi connectivity index (χ2n) is 2.42. The van der Waals surface area contributed by atoms with Gasteiger partial charge in [0.15, 0.2) is 0 Å². The van der Waals surface area contributed by atoms with Gasteiger partial charge in [-0.3, -0.25) is 4.99 Å². The van der Waals surface area contributed by atoms with Crippen molar-refractivity contribution in [2.75, 3.05) is 13.7 Å². The molecule has 0 unspecified atom stereocenters. The number of nitrogens with one attached hydrogen (secondary N) is 1. The fourth-order valence-electron chi connectivity index (χ4n) is 0.839. The van der Waals surface area contributed by atoms with E-state index in [2.05, 4.69) is 10.4 Å². The van der Waals surface area contributed by atoms with Gasteiger partial charge in [-0.15, -0.1) is 0 Å². The molecule has 13 heavy (non-hydrogen) atoms. The largest absolute Gasteiger partial charge is 0.486 e. The van der Waals surface area contributed by atoms with Crippen LogP contribution in [0.5, 0.6) is 5.75 Å². The normalized spacial score (nSPS) is 11.1. The first kappa shape index (κ1) is 9.54. The van der Waals surface area contributed by atoms with Crippen molar-refractivity contribution in [3.05, 3.63) is 30.3 Å². The van der Waals surface area contributed by atoms with E-state index in [1.807, 2.05) is 30.3 Å². The second-order valence-corrected chi connectivity index (χ2v) is 2.42. The quantitative estimate of drug-likeness (QED) is 0.308. The average molecular weight is 179 g/mol. The number of ether oxygens (including phenoxy) is 1. The number of hydrogen-bond acceptors (Lipinski definition) is 3. The zero-order valence-corrected chi connectivity index (χ0v) is 7.53. The molecule has 0 radical (unpaired) electrons. The van der Waals surface area contributed by atoms with Crippen molar-refractivity contribution in [2.45, 2.75) is 0 Å². The zero-order chi connectivity index (χ0) is 9.52. The molecule has 70 valence electrons. The van der Waals surface area contributed by atoms with E-state index in [1.165, 1.54) is 0 Å². The molecule has 1 aromatic rings. The monoisotopic (exact) mass is 179 g/mol. The maximum Gasteiger partial charge on any atom is 0.149 e. The maximum atomic E-state index is 5.38. The van der Waals surface area contributed by atoms with E-state index in [0.29, 0.717) is 12.4 Å². The number of hydrazine groups is 1. The molecule has 0 aliphatic heterocycles. The number of amidine groups is 1. The van der Waals surface area contributed by atoms with Gasteiger partial charge in [0.25, 0.3) is 0 Å². The highest BCUT2D eigenvalue weighted by Crippen LogP contribution is 2.07. The van der Waals surface area contributed by atoms with E-state index >= 15 is 0 Å². The summed E-state index contributed by atoms with van der Waals surface area (Å²) in [4.78, 5) is 3.88. The lowest BCUT2D eigenvalue weighted by molar-refractivity contribution is 0.372. The van der Waals surface area contributed by atoms with Gasteiger partial charge in [0.05, 0.1) is 0 Å². The molecular weight excluding hydrogens is 166 g/mol. The van der Waals surface area contributed by atoms with Crippen molar-refractivity contribution in [2.24, 2.45) is 10.8 Å². The summed E-state index contributed by atoms with van der Waals surface area (Å²) in [5.41, 5.74) is 2.45. The van der Waals surface area contributed by atoms with Gasteiger partial charge in [-0.1, -0.05) is 18.2 Å². The Kier molecular flexibility index (Phi) is 3.78. The highest BCUT2D eigenvalue weighted by molar-refractivity contribution is 5.82. The first-order valence-electron chi connectivity index (χ1n) is 3.97. The summed E-state index contributed by atoms with van der Waals surface area (Å²) in [6.07, 6.45) is 0. The number of hydrogen-bond donors (Lipinski definition) is 2. The molecule has 3 N–H and O–H groups in total. The zero-order valence-electron chi connectivity index (χ0n) is 7.53. The summed E-state index contributed by atoms with van der Waals surface area (Å²) < 4.78 is 5.38. The van der Waals surface area contributed by atoms with Gasteiger partial charge in [-0.25, -0.2) is 5.84 Å². The van der Waals surface area contributed by atoms with Crippen LogP contribution in [-0.2, 0) is 0 Å². The van der Waals surface area contributed by atoms with Crippen LogP contribution in [0, 0.1) is 0 Å². The highest BCUT2D eigenvalue weighted by Gasteiger charge is 1.95. The molecule has 0 fully saturated rings. The Labute approximate surface area is 77.4 Å². The van der Waals surface area contributed by atoms with E-state index in [9.17, 15) is 0 Å². The van der Waals surface area contributed by atoms with E-state index in [0.717, 1.165) is 5.75 Å². The maximum absolute atomic E-state index is 5.38. The lowest BCUT2D eigenvalue weighted by atomic mass is 10.3. The predicted octanol–water partition coefficient (Wildman–Crippen LogP) is 0.557. The second kappa shape index (κ2) is 5.16. The fourth-order valence-corrected chi connectivity index (χ4v) is 0.839. The third kappa shape index (κ3) is 3.13. The molecule has 0 saturated carbocycles. The van der Waals surface area contributed by atoms with Crippen LogP contribution in [0.4, 0.5) is 0 Å². The van der Waals surface area contributed by atoms with Gasteiger partial charge in [0.1, 0.15) is 18.2 Å². The molecule has 4 heteroatoms. The molecule has 0 aromatic heterocycles. The van der Waals surface area contributed by atoms with Crippen molar-refractivity contribution >= 4 is 5.84 Å². The Morgan fingerprint density at radius 3 is 2.69 bits per heavy atom. The molecule has 0 atom stereocenters. The number of rotatable bonds is 3. The van der Waals surface area contributed by atoms with Crippen molar-refractivity contribution in [3.8, 4) is 5.75 Å². The SMILES string of the molecule is CN=C(COc1ccccc1)NN. The van der Waals surface area contributed by atoms with Crippen molar-refractivity contribution in [1.29, 1.82) is 0 Å². The van der Waals surface area contributed by atoms with Crippen LogP contribution in [0.3, 0.4) is 0 Å². The van der Waals surface area contributed by atoms with Crippen LogP contribution in [0.2, 0.25) is 0 Å². The third-order valence-electron chi connectivity index (χ3n) is 1.56. The predicted molar refractivity (Wildman–Crippen MR) is 52.6 cm³/mol. The minimum Gasteiger partial charge on any atom is -0.486 e. The molecule has 1 aromatic carbocycles. The van der Waals surface area contributed by atoms with Crippen LogP contribution in [0.25, 0.3) is 0 Å². The molecule has 0 aliphatic carbocycles. The molecule has 4 nitrogen and oxygen atoms in total. The molecule has 1 rings (SSSR count). The number of nitrogens with two attached hydrogens (primary N) is 1. The number of aliphatic imine (C=N–C) groups is 1. The van der Waals surface area contributed by atoms with Gasteiger partial charge in [-0.05, 0) is 12.1 Å². The Hall–Kier alpha value is -1.55. The van der Waals surface area contributed by atoms with Crippen molar-refractivity contribution < 1.29 is 4.74 Å². The fraction of sp³-hybridized carbons (Fsp3) is 0.222. The Bertz CT molecular complexity index is 271. The van der Waals surface area contributed by atoms with Gasteiger partial charge >= 0.3 is 0 Å². The van der Waals surface area contributed by atoms with Crippen LogP contribution in [0.15, 0.2) is 35.3 Å². The lowest BCUT2D eigenvalue weighted by Gasteiger charge is -2.06. The summed E-state index contributed by atoms with van der Waals surface area (Å²) in [6, 6.07) is 9.51. The molecule has 0 spiro atoms. The average Bonchev–Trinajstić information content (AvgIpc) is 2.21. The first-order valence-corrected chi connectivity index (χ1v) is 3.97. The number of para-hydroxylation sites is 1. The molecule has 0 bridgehead atoms. The van der Waals surface area contributed by atoms with E-state index in [1.54, 1.807) is 7.05 Å². The molecular formula is C9H13N3O. The molecule has 0 aliphatic rings. The van der Waals surface area contributed by atoms with Gasteiger partial charge in [0, 0.05) is 7.05 Å². The molecule has 0 heterocycles. The van der Waals surface area contributed by atoms with E-state index < -0.39 is 0 Å². The summed E-state index contributed by atoms with van der Waals surface area (Å²) in [5, 5.41) is 0.